The van der Waals surface area contributed by atoms with Gasteiger partial charge in [0.1, 0.15) is 0 Å². The van der Waals surface area contributed by atoms with Crippen LogP contribution in [0.4, 0.5) is 0 Å². The Morgan fingerprint density at radius 2 is 1.77 bits per heavy atom. The first-order valence-electron chi connectivity index (χ1n) is 18.1. The van der Waals surface area contributed by atoms with Crippen LogP contribution in [0.3, 0.4) is 0 Å². The molecule has 3 atom stereocenters. The molecule has 0 bridgehead atoms. The maximum atomic E-state index is 4.73. The van der Waals surface area contributed by atoms with Crippen LogP contribution in [0, 0.1) is 11.8 Å². The fourth-order valence-electron chi connectivity index (χ4n) is 8.78. The fourth-order valence-corrected chi connectivity index (χ4v) is 8.78. The van der Waals surface area contributed by atoms with E-state index in [1.807, 2.05) is 12.4 Å². The van der Waals surface area contributed by atoms with Gasteiger partial charge in [-0.3, -0.25) is 4.98 Å². The Morgan fingerprint density at radius 3 is 2.67 bits per heavy atom. The Hall–Kier alpha value is -4.75. The molecule has 0 aliphatic heterocycles. The van der Waals surface area contributed by atoms with Gasteiger partial charge in [0.25, 0.3) is 0 Å². The van der Waals surface area contributed by atoms with Crippen molar-refractivity contribution in [3.05, 3.63) is 166 Å². The van der Waals surface area contributed by atoms with Crippen LogP contribution in [0.1, 0.15) is 86.6 Å². The second-order valence-electron chi connectivity index (χ2n) is 14.0. The van der Waals surface area contributed by atoms with E-state index in [4.69, 9.17) is 4.98 Å². The quantitative estimate of drug-likeness (QED) is 0.195. The average Bonchev–Trinajstić information content (AvgIpc) is 3.13. The van der Waals surface area contributed by atoms with E-state index < -0.39 is 0 Å². The molecule has 3 aromatic carbocycles. The summed E-state index contributed by atoms with van der Waals surface area (Å²) in [6.07, 6.45) is 31.6. The van der Waals surface area contributed by atoms with Crippen LogP contribution in [0.25, 0.3) is 39.1 Å². The van der Waals surface area contributed by atoms with Gasteiger partial charge in [-0.05, 0) is 136 Å². The summed E-state index contributed by atoms with van der Waals surface area (Å²) in [4.78, 5) is 4.73. The van der Waals surface area contributed by atoms with E-state index in [0.717, 1.165) is 32.1 Å². The molecular formula is C47H45N. The van der Waals surface area contributed by atoms with Crippen molar-refractivity contribution in [3.63, 3.8) is 0 Å². The molecule has 1 heteroatoms. The summed E-state index contributed by atoms with van der Waals surface area (Å²) in [6, 6.07) is 23.5. The van der Waals surface area contributed by atoms with Crippen molar-refractivity contribution in [3.8, 4) is 11.1 Å². The number of aromatic nitrogens is 1. The van der Waals surface area contributed by atoms with Crippen molar-refractivity contribution in [2.75, 3.05) is 0 Å². The number of rotatable bonds is 6. The van der Waals surface area contributed by atoms with E-state index in [2.05, 4.69) is 136 Å². The van der Waals surface area contributed by atoms with Gasteiger partial charge in [0.15, 0.2) is 0 Å². The van der Waals surface area contributed by atoms with E-state index in [1.54, 1.807) is 5.57 Å². The van der Waals surface area contributed by atoms with Crippen LogP contribution in [0.15, 0.2) is 138 Å². The standard InChI is InChI=1S/C47H45N/c1-4-6-13-32(5-2)36-28-37(30-48-29-36)38-18-11-20-40-39(38)19-12-21-41(40)47-44-16-9-7-14-42(44)46(43-15-8-10-17-45(43)47)35-25-24-33-26-31(3)22-23-34(33)27-35/h4,6-8,11-15,18-25,27-31,44,47H,5,9-10,16-17,26H2,1-3H3/b6-4-,32-13+. The predicted molar refractivity (Wildman–Crippen MR) is 206 cm³/mol. The van der Waals surface area contributed by atoms with Crippen LogP contribution in [-0.2, 0) is 6.42 Å². The third-order valence-electron chi connectivity index (χ3n) is 11.1. The molecule has 238 valence electrons. The van der Waals surface area contributed by atoms with E-state index in [0.29, 0.717) is 17.8 Å². The zero-order valence-electron chi connectivity index (χ0n) is 28.5. The zero-order valence-corrected chi connectivity index (χ0v) is 28.5. The molecule has 0 radical (unpaired) electrons. The summed E-state index contributed by atoms with van der Waals surface area (Å²) >= 11 is 0. The molecule has 1 heterocycles. The molecular weight excluding hydrogens is 579 g/mol. The number of hydrogen-bond donors (Lipinski definition) is 0. The van der Waals surface area contributed by atoms with Crippen LogP contribution in [0.2, 0.25) is 0 Å². The van der Waals surface area contributed by atoms with Gasteiger partial charge in [0.05, 0.1) is 0 Å². The highest BCUT2D eigenvalue weighted by Gasteiger charge is 2.39. The lowest BCUT2D eigenvalue weighted by Crippen LogP contribution is -2.26. The first kappa shape index (κ1) is 30.6. The summed E-state index contributed by atoms with van der Waals surface area (Å²) in [5, 5.41) is 2.69. The molecule has 3 unspecified atom stereocenters. The summed E-state index contributed by atoms with van der Waals surface area (Å²) in [6.45, 7) is 6.60. The molecule has 1 aromatic heterocycles. The lowest BCUT2D eigenvalue weighted by molar-refractivity contribution is 0.481. The minimum absolute atomic E-state index is 0.367. The van der Waals surface area contributed by atoms with Crippen molar-refractivity contribution >= 4 is 28.0 Å². The lowest BCUT2D eigenvalue weighted by atomic mass is 9.62. The first-order chi connectivity index (χ1) is 23.6. The van der Waals surface area contributed by atoms with Gasteiger partial charge >= 0.3 is 0 Å². The Labute approximate surface area is 286 Å². The summed E-state index contributed by atoms with van der Waals surface area (Å²) in [5.41, 5.74) is 16.7. The van der Waals surface area contributed by atoms with Gasteiger partial charge in [0.2, 0.25) is 0 Å². The molecule has 0 N–H and O–H groups in total. The highest BCUT2D eigenvalue weighted by Crippen LogP contribution is 2.55. The minimum atomic E-state index is 0.367. The average molecular weight is 624 g/mol. The maximum Gasteiger partial charge on any atom is 0.0347 e. The van der Waals surface area contributed by atoms with Crippen LogP contribution < -0.4 is 0 Å². The third kappa shape index (κ3) is 5.40. The first-order valence-corrected chi connectivity index (χ1v) is 18.1. The molecule has 48 heavy (non-hydrogen) atoms. The molecule has 0 fully saturated rings. The van der Waals surface area contributed by atoms with Crippen molar-refractivity contribution < 1.29 is 0 Å². The Bertz CT molecular complexity index is 2120. The predicted octanol–water partition coefficient (Wildman–Crippen LogP) is 12.6. The SMILES string of the molecule is C/C=C\C=C(/CC)c1cncc(-c2cccc3c(C4C5=C(C=CCC5)C(c5ccc6c(c5)C=CC(C)C6)=C5C=CCCC54)cccc23)c1. The summed E-state index contributed by atoms with van der Waals surface area (Å²) in [7, 11) is 0. The van der Waals surface area contributed by atoms with Gasteiger partial charge in [-0.2, -0.15) is 0 Å². The van der Waals surface area contributed by atoms with E-state index in [1.165, 1.54) is 78.4 Å². The maximum absolute atomic E-state index is 4.73. The molecule has 4 aliphatic carbocycles. The zero-order chi connectivity index (χ0) is 32.6. The van der Waals surface area contributed by atoms with Gasteiger partial charge in [-0.15, -0.1) is 0 Å². The van der Waals surface area contributed by atoms with E-state index in [-0.39, 0.29) is 0 Å². The number of hydrogen-bond acceptors (Lipinski definition) is 1. The fraction of sp³-hybridized carbons (Fsp3) is 0.255. The lowest BCUT2D eigenvalue weighted by Gasteiger charge is -2.41. The second-order valence-corrected chi connectivity index (χ2v) is 14.0. The molecule has 0 saturated carbocycles. The van der Waals surface area contributed by atoms with Gasteiger partial charge in [0, 0.05) is 23.9 Å². The third-order valence-corrected chi connectivity index (χ3v) is 11.1. The van der Waals surface area contributed by atoms with Gasteiger partial charge in [-0.25, -0.2) is 0 Å². The number of benzene rings is 3. The van der Waals surface area contributed by atoms with E-state index >= 15 is 0 Å². The molecule has 4 aliphatic rings. The second kappa shape index (κ2) is 13.0. The Balaban J connectivity index is 1.27. The van der Waals surface area contributed by atoms with Crippen molar-refractivity contribution in [2.45, 2.75) is 65.2 Å². The summed E-state index contributed by atoms with van der Waals surface area (Å²) in [5.74, 6) is 1.44. The van der Waals surface area contributed by atoms with Crippen LogP contribution in [-0.4, -0.2) is 4.98 Å². The van der Waals surface area contributed by atoms with Crippen molar-refractivity contribution in [1.82, 2.24) is 4.98 Å². The molecule has 0 spiro atoms. The topological polar surface area (TPSA) is 12.9 Å². The smallest absolute Gasteiger partial charge is 0.0347 e. The van der Waals surface area contributed by atoms with Gasteiger partial charge < -0.3 is 0 Å². The molecule has 4 aromatic rings. The molecule has 0 amide bonds. The van der Waals surface area contributed by atoms with Gasteiger partial charge in [-0.1, -0.05) is 123 Å². The summed E-state index contributed by atoms with van der Waals surface area (Å²) < 4.78 is 0. The number of allylic oxidation sites excluding steroid dienone is 13. The Kier molecular flexibility index (Phi) is 8.31. The number of pyridine rings is 1. The molecule has 1 nitrogen and oxygen atoms in total. The van der Waals surface area contributed by atoms with Crippen molar-refractivity contribution in [1.29, 1.82) is 0 Å². The Morgan fingerprint density at radius 1 is 0.896 bits per heavy atom. The normalized spacial score (nSPS) is 22.0. The van der Waals surface area contributed by atoms with Crippen LogP contribution >= 0.6 is 0 Å². The number of nitrogens with zero attached hydrogens (tertiary/aromatic N) is 1. The highest BCUT2D eigenvalue weighted by atomic mass is 14.6. The van der Waals surface area contributed by atoms with Crippen molar-refractivity contribution in [2.24, 2.45) is 11.8 Å². The van der Waals surface area contributed by atoms with E-state index in [9.17, 15) is 0 Å². The van der Waals surface area contributed by atoms with Crippen LogP contribution in [0.5, 0.6) is 0 Å². The molecule has 0 saturated heterocycles. The highest BCUT2D eigenvalue weighted by molar-refractivity contribution is 6.00. The minimum Gasteiger partial charge on any atom is -0.263 e. The largest absolute Gasteiger partial charge is 0.263 e. The monoisotopic (exact) mass is 623 g/mol. The molecule has 8 rings (SSSR count). The number of fused-ring (bicyclic) bond motifs is 3.